The van der Waals surface area contributed by atoms with E-state index < -0.39 is 0 Å². The van der Waals surface area contributed by atoms with Crippen LogP contribution in [0.3, 0.4) is 0 Å². The second-order valence-electron chi connectivity index (χ2n) is 5.41. The summed E-state index contributed by atoms with van der Waals surface area (Å²) in [6, 6.07) is 10.3. The molecule has 1 aromatic carbocycles. The summed E-state index contributed by atoms with van der Waals surface area (Å²) in [5, 5.41) is 6.61. The highest BCUT2D eigenvalue weighted by atomic mass is 16.7. The molecule has 1 aromatic heterocycles. The summed E-state index contributed by atoms with van der Waals surface area (Å²) in [4.78, 5) is 5.64. The van der Waals surface area contributed by atoms with Gasteiger partial charge in [-0.25, -0.2) is 4.68 Å². The van der Waals surface area contributed by atoms with Crippen LogP contribution >= 0.6 is 0 Å². The maximum Gasteiger partial charge on any atom is 0.221 e. The third-order valence-corrected chi connectivity index (χ3v) is 4.12. The first kappa shape index (κ1) is 11.9. The average Bonchev–Trinajstić information content (AvgIpc) is 3.01. The van der Waals surface area contributed by atoms with Gasteiger partial charge in [0.2, 0.25) is 5.88 Å². The molecule has 2 aliphatic rings. The monoisotopic (exact) mass is 271 g/mol. The molecule has 0 amide bonds. The minimum Gasteiger partial charge on any atom is -0.477 e. The van der Waals surface area contributed by atoms with Crippen LogP contribution in [0.15, 0.2) is 30.3 Å². The lowest BCUT2D eigenvalue weighted by Crippen LogP contribution is -2.29. The maximum atomic E-state index is 5.99. The van der Waals surface area contributed by atoms with Crippen LogP contribution < -0.4 is 4.74 Å². The van der Waals surface area contributed by atoms with Gasteiger partial charge in [-0.3, -0.25) is 4.84 Å². The molecule has 4 rings (SSSR count). The van der Waals surface area contributed by atoms with E-state index >= 15 is 0 Å². The number of ether oxygens (including phenoxy) is 1. The summed E-state index contributed by atoms with van der Waals surface area (Å²) in [5.74, 6) is 1.24. The zero-order valence-electron chi connectivity index (χ0n) is 11.6. The van der Waals surface area contributed by atoms with Crippen molar-refractivity contribution >= 4 is 0 Å². The van der Waals surface area contributed by atoms with Crippen molar-refractivity contribution in [3.63, 3.8) is 0 Å². The molecule has 0 N–H and O–H groups in total. The van der Waals surface area contributed by atoms with Crippen LogP contribution in [0.2, 0.25) is 0 Å². The van der Waals surface area contributed by atoms with Gasteiger partial charge in [-0.05, 0) is 19.1 Å². The molecule has 2 aliphatic heterocycles. The van der Waals surface area contributed by atoms with Crippen molar-refractivity contribution in [3.8, 4) is 11.6 Å². The Hall–Kier alpha value is -1.85. The third kappa shape index (κ3) is 1.60. The molecule has 0 bridgehead atoms. The summed E-state index contributed by atoms with van der Waals surface area (Å²) in [6.45, 7) is 3.44. The fraction of sp³-hybridized carbons (Fsp3) is 0.400. The van der Waals surface area contributed by atoms with Crippen LogP contribution in [0.25, 0.3) is 5.69 Å². The molecule has 104 valence electrons. The number of rotatable bonds is 1. The van der Waals surface area contributed by atoms with Gasteiger partial charge in [0.15, 0.2) is 0 Å². The Kier molecular flexibility index (Phi) is 2.58. The number of para-hydroxylation sites is 1. The number of aromatic nitrogens is 2. The molecule has 0 spiro atoms. The fourth-order valence-corrected chi connectivity index (χ4v) is 3.17. The normalized spacial score (nSPS) is 25.1. The van der Waals surface area contributed by atoms with Gasteiger partial charge in [-0.1, -0.05) is 18.2 Å². The lowest BCUT2D eigenvalue weighted by atomic mass is 9.93. The molecule has 2 aromatic rings. The molecule has 2 atom stereocenters. The van der Waals surface area contributed by atoms with Crippen LogP contribution in [0.5, 0.6) is 5.88 Å². The van der Waals surface area contributed by atoms with E-state index in [4.69, 9.17) is 9.57 Å². The Morgan fingerprint density at radius 2 is 2.00 bits per heavy atom. The van der Waals surface area contributed by atoms with E-state index in [-0.39, 0.29) is 6.04 Å². The van der Waals surface area contributed by atoms with Crippen LogP contribution in [0.1, 0.15) is 17.3 Å². The van der Waals surface area contributed by atoms with Gasteiger partial charge in [-0.2, -0.15) is 10.2 Å². The number of aryl methyl sites for hydroxylation is 1. The standard InChI is InChI=1S/C15H17N3O2/c1-10-13-14-11(9-20-17(14)2)8-19-15(13)18(16-10)12-6-4-3-5-7-12/h3-7,11,14H,8-9H2,1-2H3/t11-,14-/m0/s1. The van der Waals surface area contributed by atoms with Gasteiger partial charge in [0.25, 0.3) is 0 Å². The quantitative estimate of drug-likeness (QED) is 0.796. The lowest BCUT2D eigenvalue weighted by molar-refractivity contribution is -0.111. The molecular formula is C15H17N3O2. The van der Waals surface area contributed by atoms with Crippen molar-refractivity contribution in [2.24, 2.45) is 5.92 Å². The van der Waals surface area contributed by atoms with Crippen molar-refractivity contribution in [1.82, 2.24) is 14.8 Å². The van der Waals surface area contributed by atoms with Crippen LogP contribution in [-0.2, 0) is 4.84 Å². The van der Waals surface area contributed by atoms with Crippen LogP contribution in [-0.4, -0.2) is 35.1 Å². The zero-order valence-corrected chi connectivity index (χ0v) is 11.6. The fourth-order valence-electron chi connectivity index (χ4n) is 3.17. The van der Waals surface area contributed by atoms with E-state index in [1.54, 1.807) is 0 Å². The SMILES string of the molecule is Cc1nn(-c2ccccc2)c2c1[C@@H]1[C@@H](CO2)CON1C. The first-order valence-electron chi connectivity index (χ1n) is 6.89. The summed E-state index contributed by atoms with van der Waals surface area (Å²) < 4.78 is 7.88. The van der Waals surface area contributed by atoms with Crippen LogP contribution in [0, 0.1) is 12.8 Å². The molecule has 5 nitrogen and oxygen atoms in total. The molecule has 3 heterocycles. The molecule has 0 aliphatic carbocycles. The smallest absolute Gasteiger partial charge is 0.221 e. The predicted molar refractivity (Wildman–Crippen MR) is 73.7 cm³/mol. The van der Waals surface area contributed by atoms with Crippen molar-refractivity contribution in [2.45, 2.75) is 13.0 Å². The zero-order chi connectivity index (χ0) is 13.7. The Labute approximate surface area is 117 Å². The summed E-state index contributed by atoms with van der Waals surface area (Å²) in [7, 11) is 1.99. The molecular weight excluding hydrogens is 254 g/mol. The van der Waals surface area contributed by atoms with Gasteiger partial charge in [-0.15, -0.1) is 0 Å². The Bertz CT molecular complexity index is 638. The number of benzene rings is 1. The molecule has 0 unspecified atom stereocenters. The number of hydrogen-bond donors (Lipinski definition) is 0. The first-order chi connectivity index (χ1) is 9.75. The highest BCUT2D eigenvalue weighted by Crippen LogP contribution is 2.44. The van der Waals surface area contributed by atoms with Crippen molar-refractivity contribution in [3.05, 3.63) is 41.6 Å². The topological polar surface area (TPSA) is 39.5 Å². The van der Waals surface area contributed by atoms with Gasteiger partial charge >= 0.3 is 0 Å². The molecule has 1 saturated heterocycles. The molecule has 20 heavy (non-hydrogen) atoms. The number of nitrogens with zero attached hydrogens (tertiary/aromatic N) is 3. The molecule has 1 fully saturated rings. The number of hydroxylamine groups is 2. The van der Waals surface area contributed by atoms with Crippen molar-refractivity contribution in [2.75, 3.05) is 20.3 Å². The number of fused-ring (bicyclic) bond motifs is 3. The highest BCUT2D eigenvalue weighted by molar-refractivity contribution is 5.44. The van der Waals surface area contributed by atoms with E-state index in [1.807, 2.05) is 54.0 Å². The van der Waals surface area contributed by atoms with Gasteiger partial charge in [0.1, 0.15) is 0 Å². The number of hydrogen-bond acceptors (Lipinski definition) is 4. The van der Waals surface area contributed by atoms with Gasteiger partial charge in [0, 0.05) is 13.0 Å². The van der Waals surface area contributed by atoms with E-state index in [2.05, 4.69) is 5.10 Å². The van der Waals surface area contributed by atoms with E-state index in [0.29, 0.717) is 12.5 Å². The first-order valence-corrected chi connectivity index (χ1v) is 6.89. The summed E-state index contributed by atoms with van der Waals surface area (Å²) >= 11 is 0. The van der Waals surface area contributed by atoms with E-state index in [9.17, 15) is 0 Å². The predicted octanol–water partition coefficient (Wildman–Crippen LogP) is 2.11. The minimum atomic E-state index is 0.246. The lowest BCUT2D eigenvalue weighted by Gasteiger charge is -2.28. The molecule has 5 heteroatoms. The Balaban J connectivity index is 1.86. The van der Waals surface area contributed by atoms with Gasteiger partial charge < -0.3 is 4.74 Å². The molecule has 0 saturated carbocycles. The average molecular weight is 271 g/mol. The Morgan fingerprint density at radius 3 is 2.80 bits per heavy atom. The van der Waals surface area contributed by atoms with E-state index in [1.165, 1.54) is 0 Å². The van der Waals surface area contributed by atoms with Crippen molar-refractivity contribution in [1.29, 1.82) is 0 Å². The summed E-state index contributed by atoms with van der Waals surface area (Å²) in [6.07, 6.45) is 0. The summed E-state index contributed by atoms with van der Waals surface area (Å²) in [5.41, 5.74) is 3.19. The minimum absolute atomic E-state index is 0.246. The van der Waals surface area contributed by atoms with Crippen LogP contribution in [0.4, 0.5) is 0 Å². The van der Waals surface area contributed by atoms with Gasteiger partial charge in [0.05, 0.1) is 36.2 Å². The maximum absolute atomic E-state index is 5.99. The van der Waals surface area contributed by atoms with E-state index in [0.717, 1.165) is 29.4 Å². The highest BCUT2D eigenvalue weighted by Gasteiger charge is 2.43. The third-order valence-electron chi connectivity index (χ3n) is 4.12. The molecule has 0 radical (unpaired) electrons. The largest absolute Gasteiger partial charge is 0.477 e. The second kappa shape index (κ2) is 4.33. The second-order valence-corrected chi connectivity index (χ2v) is 5.41. The van der Waals surface area contributed by atoms with Crippen molar-refractivity contribution < 1.29 is 9.57 Å². The Morgan fingerprint density at radius 1 is 1.20 bits per heavy atom.